The lowest BCUT2D eigenvalue weighted by atomic mass is 10.2. The van der Waals surface area contributed by atoms with Gasteiger partial charge in [0.25, 0.3) is 5.91 Å². The maximum Gasteiger partial charge on any atom is 0.257 e. The van der Waals surface area contributed by atoms with Gasteiger partial charge in [-0.1, -0.05) is 53.3 Å². The van der Waals surface area contributed by atoms with Crippen LogP contribution in [0, 0.1) is 6.92 Å². The van der Waals surface area contributed by atoms with Gasteiger partial charge in [-0.05, 0) is 66.7 Å². The third-order valence-electron chi connectivity index (χ3n) is 4.48. The first-order valence-electron chi connectivity index (χ1n) is 9.44. The molecule has 3 aromatic carbocycles. The van der Waals surface area contributed by atoms with Gasteiger partial charge in [-0.25, -0.2) is 4.98 Å². The van der Waals surface area contributed by atoms with Crippen molar-refractivity contribution in [2.45, 2.75) is 13.5 Å². The number of carbonyl (C=O) groups is 1. The van der Waals surface area contributed by atoms with Crippen molar-refractivity contribution >= 4 is 61.5 Å². The number of fused-ring (bicyclic) bond motifs is 1. The lowest BCUT2D eigenvalue weighted by Crippen LogP contribution is -2.34. The maximum atomic E-state index is 12.5. The molecule has 0 aliphatic heterocycles. The molecule has 0 fully saturated rings. The minimum atomic E-state index is -0.313. The highest BCUT2D eigenvalue weighted by Crippen LogP contribution is 2.30. The standard InChI is InChI=1S/C23H18ClN3O2S2/c1-14-11-20-19(12-18(14)24)25-23(31-20)27-22(30)26-21(28)16-7-9-17(10-8-16)29-13-15-5-3-2-4-6-15/h2-12H,13H2,1H3,(H2,25,26,27,28,30). The number of nitrogens with zero attached hydrogens (tertiary/aromatic N) is 1. The van der Waals surface area contributed by atoms with E-state index in [1.807, 2.05) is 49.4 Å². The Balaban J connectivity index is 1.33. The number of aryl methyl sites for hydroxylation is 1. The number of aromatic nitrogens is 1. The van der Waals surface area contributed by atoms with Crippen LogP contribution >= 0.6 is 35.2 Å². The van der Waals surface area contributed by atoms with Gasteiger partial charge in [0.1, 0.15) is 12.4 Å². The van der Waals surface area contributed by atoms with Gasteiger partial charge in [0, 0.05) is 10.6 Å². The molecule has 0 aliphatic carbocycles. The maximum absolute atomic E-state index is 12.5. The molecular formula is C23H18ClN3O2S2. The number of nitrogens with one attached hydrogen (secondary N) is 2. The van der Waals surface area contributed by atoms with Crippen molar-refractivity contribution in [1.29, 1.82) is 0 Å². The highest BCUT2D eigenvalue weighted by molar-refractivity contribution is 7.80. The Kier molecular flexibility index (Phi) is 6.46. The summed E-state index contributed by atoms with van der Waals surface area (Å²) in [6.07, 6.45) is 0. The highest BCUT2D eigenvalue weighted by Gasteiger charge is 2.11. The monoisotopic (exact) mass is 467 g/mol. The summed E-state index contributed by atoms with van der Waals surface area (Å²) >= 11 is 12.9. The molecule has 1 amide bonds. The number of carbonyl (C=O) groups excluding carboxylic acids is 1. The molecule has 2 N–H and O–H groups in total. The molecule has 156 valence electrons. The number of halogens is 1. The van der Waals surface area contributed by atoms with E-state index in [1.54, 1.807) is 24.3 Å². The van der Waals surface area contributed by atoms with Gasteiger partial charge < -0.3 is 10.1 Å². The molecule has 1 aromatic heterocycles. The lowest BCUT2D eigenvalue weighted by Gasteiger charge is -2.09. The number of thiazole rings is 1. The first-order valence-corrected chi connectivity index (χ1v) is 11.0. The number of ether oxygens (including phenoxy) is 1. The number of anilines is 1. The van der Waals surface area contributed by atoms with Crippen LogP contribution in [-0.2, 0) is 6.61 Å². The average Bonchev–Trinajstić information content (AvgIpc) is 3.14. The van der Waals surface area contributed by atoms with Crippen LogP contribution in [-0.4, -0.2) is 16.0 Å². The van der Waals surface area contributed by atoms with Gasteiger partial charge >= 0.3 is 0 Å². The van der Waals surface area contributed by atoms with E-state index in [-0.39, 0.29) is 11.0 Å². The van der Waals surface area contributed by atoms with Crippen molar-refractivity contribution in [1.82, 2.24) is 10.3 Å². The first-order chi connectivity index (χ1) is 15.0. The summed E-state index contributed by atoms with van der Waals surface area (Å²) in [6.45, 7) is 2.41. The number of amides is 1. The van der Waals surface area contributed by atoms with Crippen LogP contribution < -0.4 is 15.4 Å². The van der Waals surface area contributed by atoms with Gasteiger partial charge in [-0.2, -0.15) is 0 Å². The van der Waals surface area contributed by atoms with Crippen molar-refractivity contribution < 1.29 is 9.53 Å². The molecule has 0 atom stereocenters. The Morgan fingerprint density at radius 3 is 2.61 bits per heavy atom. The molecule has 8 heteroatoms. The van der Waals surface area contributed by atoms with E-state index in [2.05, 4.69) is 15.6 Å². The van der Waals surface area contributed by atoms with E-state index in [0.717, 1.165) is 21.3 Å². The molecule has 0 saturated carbocycles. The normalized spacial score (nSPS) is 10.6. The zero-order chi connectivity index (χ0) is 21.8. The highest BCUT2D eigenvalue weighted by atomic mass is 35.5. The Morgan fingerprint density at radius 1 is 1.13 bits per heavy atom. The number of rotatable bonds is 5. The van der Waals surface area contributed by atoms with Gasteiger partial charge in [0.2, 0.25) is 0 Å². The predicted molar refractivity (Wildman–Crippen MR) is 130 cm³/mol. The van der Waals surface area contributed by atoms with E-state index in [1.165, 1.54) is 11.3 Å². The van der Waals surface area contributed by atoms with E-state index in [4.69, 9.17) is 28.6 Å². The van der Waals surface area contributed by atoms with Crippen LogP contribution in [0.15, 0.2) is 66.7 Å². The summed E-state index contributed by atoms with van der Waals surface area (Å²) in [7, 11) is 0. The van der Waals surface area contributed by atoms with Crippen LogP contribution in [0.2, 0.25) is 5.02 Å². The summed E-state index contributed by atoms with van der Waals surface area (Å²) in [6, 6.07) is 20.6. The van der Waals surface area contributed by atoms with Crippen molar-refractivity contribution in [3.63, 3.8) is 0 Å². The van der Waals surface area contributed by atoms with Crippen molar-refractivity contribution in [3.05, 3.63) is 88.4 Å². The van der Waals surface area contributed by atoms with E-state index >= 15 is 0 Å². The molecule has 5 nitrogen and oxygen atoms in total. The second-order valence-electron chi connectivity index (χ2n) is 6.80. The molecule has 4 rings (SSSR count). The summed E-state index contributed by atoms with van der Waals surface area (Å²) in [5.74, 6) is 0.372. The number of hydrogen-bond donors (Lipinski definition) is 2. The van der Waals surface area contributed by atoms with Crippen LogP contribution in [0.4, 0.5) is 5.13 Å². The summed E-state index contributed by atoms with van der Waals surface area (Å²) in [5.41, 5.74) is 3.32. The molecule has 0 bridgehead atoms. The molecule has 0 unspecified atom stereocenters. The zero-order valence-electron chi connectivity index (χ0n) is 16.5. The van der Waals surface area contributed by atoms with Crippen molar-refractivity contribution in [2.24, 2.45) is 0 Å². The fourth-order valence-corrected chi connectivity index (χ4v) is 4.21. The number of thiocarbonyl (C=S) groups is 1. The fourth-order valence-electron chi connectivity index (χ4n) is 2.85. The topological polar surface area (TPSA) is 63.2 Å². The quantitative estimate of drug-likeness (QED) is 0.354. The molecule has 4 aromatic rings. The van der Waals surface area contributed by atoms with E-state index in [9.17, 15) is 4.79 Å². The van der Waals surface area contributed by atoms with Crippen molar-refractivity contribution in [3.8, 4) is 5.75 Å². The summed E-state index contributed by atoms with van der Waals surface area (Å²) in [4.78, 5) is 16.9. The predicted octanol–water partition coefficient (Wildman–Crippen LogP) is 5.96. The van der Waals surface area contributed by atoms with Crippen molar-refractivity contribution in [2.75, 3.05) is 5.32 Å². The molecule has 0 radical (unpaired) electrons. The van der Waals surface area contributed by atoms with Gasteiger partial charge in [-0.15, -0.1) is 0 Å². The molecule has 0 aliphatic rings. The Hall–Kier alpha value is -3.00. The smallest absolute Gasteiger partial charge is 0.257 e. The largest absolute Gasteiger partial charge is 0.489 e. The summed E-state index contributed by atoms with van der Waals surface area (Å²) in [5, 5.41) is 7.06. The van der Waals surface area contributed by atoms with Crippen LogP contribution in [0.1, 0.15) is 21.5 Å². The SMILES string of the molecule is Cc1cc2sc(NC(=S)NC(=O)c3ccc(OCc4ccccc4)cc3)nc2cc1Cl. The lowest BCUT2D eigenvalue weighted by molar-refractivity contribution is 0.0977. The van der Waals surface area contributed by atoms with Gasteiger partial charge in [0.15, 0.2) is 10.2 Å². The molecule has 0 spiro atoms. The number of benzene rings is 3. The Morgan fingerprint density at radius 2 is 1.87 bits per heavy atom. The molecule has 1 heterocycles. The van der Waals surface area contributed by atoms with E-state index in [0.29, 0.717) is 28.1 Å². The molecule has 0 saturated heterocycles. The first kappa shape index (κ1) is 21.2. The minimum Gasteiger partial charge on any atom is -0.489 e. The minimum absolute atomic E-state index is 0.177. The van der Waals surface area contributed by atoms with E-state index < -0.39 is 0 Å². The Bertz CT molecular complexity index is 1200. The molecule has 31 heavy (non-hydrogen) atoms. The molecular weight excluding hydrogens is 450 g/mol. The van der Waals surface area contributed by atoms with Crippen LogP contribution in [0.5, 0.6) is 5.75 Å². The summed E-state index contributed by atoms with van der Waals surface area (Å²) < 4.78 is 6.74. The average molecular weight is 468 g/mol. The fraction of sp³-hybridized carbons (Fsp3) is 0.0870. The number of hydrogen-bond acceptors (Lipinski definition) is 5. The Labute approximate surface area is 194 Å². The zero-order valence-corrected chi connectivity index (χ0v) is 18.9. The third-order valence-corrected chi connectivity index (χ3v) is 6.03. The second-order valence-corrected chi connectivity index (χ2v) is 8.64. The van der Waals surface area contributed by atoms with Crippen LogP contribution in [0.3, 0.4) is 0 Å². The van der Waals surface area contributed by atoms with Gasteiger partial charge in [-0.3, -0.25) is 10.1 Å². The van der Waals surface area contributed by atoms with Gasteiger partial charge in [0.05, 0.1) is 10.2 Å². The third kappa shape index (κ3) is 5.38. The second kappa shape index (κ2) is 9.43. The van der Waals surface area contributed by atoms with Crippen LogP contribution in [0.25, 0.3) is 10.2 Å².